The van der Waals surface area contributed by atoms with Crippen molar-refractivity contribution in [2.75, 3.05) is 13.1 Å². The molecule has 1 atom stereocenters. The maximum atomic E-state index is 9.78. The number of hydrogen-bond acceptors (Lipinski definition) is 2. The number of para-hydroxylation sites is 1. The number of fused-ring (bicyclic) bond motifs is 1. The van der Waals surface area contributed by atoms with Crippen LogP contribution in [-0.2, 0) is 6.42 Å². The molecule has 1 aromatic heterocycles. The van der Waals surface area contributed by atoms with E-state index in [1.807, 2.05) is 6.07 Å². The van der Waals surface area contributed by atoms with Gasteiger partial charge in [-0.15, -0.1) is 0 Å². The van der Waals surface area contributed by atoms with Crippen molar-refractivity contribution in [2.24, 2.45) is 0 Å². The molecule has 1 aromatic carbocycles. The zero-order valence-electron chi connectivity index (χ0n) is 13.3. The van der Waals surface area contributed by atoms with Gasteiger partial charge < -0.3 is 4.98 Å². The van der Waals surface area contributed by atoms with Crippen LogP contribution in [0.4, 0.5) is 0 Å². The minimum absolute atomic E-state index is 0.447. The quantitative estimate of drug-likeness (QED) is 0.830. The fourth-order valence-electron chi connectivity index (χ4n) is 3.02. The number of benzene rings is 1. The molecule has 0 amide bonds. The highest BCUT2D eigenvalue weighted by molar-refractivity contribution is 5.83. The van der Waals surface area contributed by atoms with Gasteiger partial charge in [-0.1, -0.05) is 32.0 Å². The Kier molecular flexibility index (Phi) is 5.03. The lowest BCUT2D eigenvalue weighted by molar-refractivity contribution is 0.152. The van der Waals surface area contributed by atoms with E-state index in [4.69, 9.17) is 0 Å². The maximum Gasteiger partial charge on any atom is 0.110 e. The summed E-state index contributed by atoms with van der Waals surface area (Å²) in [5.74, 6) is 0. The average molecular weight is 283 g/mol. The summed E-state index contributed by atoms with van der Waals surface area (Å²) >= 11 is 0. The van der Waals surface area contributed by atoms with Crippen LogP contribution in [0.2, 0.25) is 0 Å². The van der Waals surface area contributed by atoms with Crippen LogP contribution in [0.5, 0.6) is 0 Å². The first-order valence-corrected chi connectivity index (χ1v) is 7.86. The highest BCUT2D eigenvalue weighted by Crippen LogP contribution is 2.26. The molecule has 0 spiro atoms. The number of H-pyrrole nitrogens is 1. The van der Waals surface area contributed by atoms with Gasteiger partial charge in [0.15, 0.2) is 0 Å². The third-order valence-electron chi connectivity index (χ3n) is 4.14. The molecule has 0 aliphatic carbocycles. The van der Waals surface area contributed by atoms with Gasteiger partial charge in [0.1, 0.15) is 5.54 Å². The third kappa shape index (κ3) is 3.28. The Morgan fingerprint density at radius 2 is 1.86 bits per heavy atom. The second-order valence-corrected chi connectivity index (χ2v) is 5.91. The van der Waals surface area contributed by atoms with Crippen molar-refractivity contribution in [3.05, 3.63) is 36.0 Å². The Morgan fingerprint density at radius 3 is 2.48 bits per heavy atom. The van der Waals surface area contributed by atoms with Gasteiger partial charge in [0, 0.05) is 23.5 Å². The average Bonchev–Trinajstić information content (AvgIpc) is 2.90. The number of nitrogens with one attached hydrogen (secondary N) is 1. The second-order valence-electron chi connectivity index (χ2n) is 5.91. The van der Waals surface area contributed by atoms with E-state index < -0.39 is 5.54 Å². The van der Waals surface area contributed by atoms with Gasteiger partial charge in [-0.25, -0.2) is 0 Å². The molecule has 0 aliphatic rings. The highest BCUT2D eigenvalue weighted by atomic mass is 15.2. The van der Waals surface area contributed by atoms with Crippen molar-refractivity contribution in [3.8, 4) is 6.07 Å². The monoisotopic (exact) mass is 283 g/mol. The molecule has 1 N–H and O–H groups in total. The predicted octanol–water partition coefficient (Wildman–Crippen LogP) is 4.11. The van der Waals surface area contributed by atoms with E-state index in [1.165, 1.54) is 10.9 Å². The van der Waals surface area contributed by atoms with E-state index in [1.54, 1.807) is 0 Å². The Hall–Kier alpha value is -1.79. The van der Waals surface area contributed by atoms with Gasteiger partial charge in [-0.3, -0.25) is 4.90 Å². The van der Waals surface area contributed by atoms with Crippen molar-refractivity contribution >= 4 is 10.9 Å². The number of hydrogen-bond donors (Lipinski definition) is 1. The molecule has 0 saturated heterocycles. The Labute approximate surface area is 127 Å². The molecular formula is C18H25N3. The molecule has 0 aliphatic heterocycles. The summed E-state index contributed by atoms with van der Waals surface area (Å²) in [6, 6.07) is 10.9. The van der Waals surface area contributed by atoms with Gasteiger partial charge in [-0.2, -0.15) is 5.26 Å². The molecule has 0 radical (unpaired) electrons. The standard InChI is InChI=1S/C18H25N3/c1-4-10-21(11-5-2)18(3,14-19)12-15-13-20-17-9-7-6-8-16(15)17/h6-9,13,20H,4-5,10-12H2,1-3H3. The van der Waals surface area contributed by atoms with E-state index in [-0.39, 0.29) is 0 Å². The lowest BCUT2D eigenvalue weighted by atomic mass is 9.91. The summed E-state index contributed by atoms with van der Waals surface area (Å²) in [5.41, 5.74) is 1.92. The minimum Gasteiger partial charge on any atom is -0.361 e. The molecule has 0 fully saturated rings. The summed E-state index contributed by atoms with van der Waals surface area (Å²) in [6.07, 6.45) is 4.96. The largest absolute Gasteiger partial charge is 0.361 e. The first-order valence-electron chi connectivity index (χ1n) is 7.86. The first-order chi connectivity index (χ1) is 10.1. The normalized spacial score (nSPS) is 14.2. The van der Waals surface area contributed by atoms with Crippen LogP contribution in [0.1, 0.15) is 39.2 Å². The highest BCUT2D eigenvalue weighted by Gasteiger charge is 2.31. The van der Waals surface area contributed by atoms with Crippen molar-refractivity contribution in [2.45, 2.75) is 45.6 Å². The van der Waals surface area contributed by atoms with Crippen LogP contribution in [0.15, 0.2) is 30.5 Å². The summed E-state index contributed by atoms with van der Waals surface area (Å²) < 4.78 is 0. The summed E-state index contributed by atoms with van der Waals surface area (Å²) in [5, 5.41) is 11.0. The molecule has 3 nitrogen and oxygen atoms in total. The van der Waals surface area contributed by atoms with E-state index in [2.05, 4.69) is 61.1 Å². The Morgan fingerprint density at radius 1 is 1.19 bits per heavy atom. The third-order valence-corrected chi connectivity index (χ3v) is 4.14. The van der Waals surface area contributed by atoms with Crippen molar-refractivity contribution in [3.63, 3.8) is 0 Å². The zero-order chi connectivity index (χ0) is 15.3. The SMILES string of the molecule is CCCN(CCC)C(C)(C#N)Cc1c[nH]c2ccccc12. The molecule has 112 valence electrons. The topological polar surface area (TPSA) is 42.8 Å². The van der Waals surface area contributed by atoms with Gasteiger partial charge >= 0.3 is 0 Å². The molecular weight excluding hydrogens is 258 g/mol. The first kappa shape index (κ1) is 15.6. The second kappa shape index (κ2) is 6.78. The van der Waals surface area contributed by atoms with Gasteiger partial charge in [0.05, 0.1) is 6.07 Å². The number of aromatic amines is 1. The van der Waals surface area contributed by atoms with Crippen molar-refractivity contribution < 1.29 is 0 Å². The zero-order valence-corrected chi connectivity index (χ0v) is 13.3. The van der Waals surface area contributed by atoms with E-state index in [0.29, 0.717) is 0 Å². The van der Waals surface area contributed by atoms with Crippen LogP contribution >= 0.6 is 0 Å². The predicted molar refractivity (Wildman–Crippen MR) is 88.2 cm³/mol. The molecule has 1 heterocycles. The van der Waals surface area contributed by atoms with Crippen LogP contribution in [0.25, 0.3) is 10.9 Å². The Bertz CT molecular complexity index is 617. The smallest absolute Gasteiger partial charge is 0.110 e. The molecule has 2 aromatic rings. The summed E-state index contributed by atoms with van der Waals surface area (Å²) in [7, 11) is 0. The van der Waals surface area contributed by atoms with E-state index >= 15 is 0 Å². The molecule has 2 rings (SSSR count). The molecule has 0 saturated carbocycles. The van der Waals surface area contributed by atoms with E-state index in [0.717, 1.165) is 37.9 Å². The van der Waals surface area contributed by atoms with Crippen LogP contribution in [0.3, 0.4) is 0 Å². The van der Waals surface area contributed by atoms with Crippen LogP contribution in [-0.4, -0.2) is 28.5 Å². The number of aromatic nitrogens is 1. The molecule has 21 heavy (non-hydrogen) atoms. The number of rotatable bonds is 7. The fraction of sp³-hybridized carbons (Fsp3) is 0.500. The number of nitrogens with zero attached hydrogens (tertiary/aromatic N) is 2. The van der Waals surface area contributed by atoms with Gasteiger partial charge in [0.25, 0.3) is 0 Å². The maximum absolute atomic E-state index is 9.78. The lowest BCUT2D eigenvalue weighted by Crippen LogP contribution is -2.47. The summed E-state index contributed by atoms with van der Waals surface area (Å²) in [6.45, 7) is 8.36. The number of nitriles is 1. The Balaban J connectivity index is 2.30. The fourth-order valence-corrected chi connectivity index (χ4v) is 3.02. The van der Waals surface area contributed by atoms with Crippen LogP contribution in [0, 0.1) is 11.3 Å². The minimum atomic E-state index is -0.447. The van der Waals surface area contributed by atoms with Gasteiger partial charge in [0.2, 0.25) is 0 Å². The van der Waals surface area contributed by atoms with Gasteiger partial charge in [-0.05, 0) is 44.5 Å². The van der Waals surface area contributed by atoms with E-state index in [9.17, 15) is 5.26 Å². The lowest BCUT2D eigenvalue weighted by Gasteiger charge is -2.35. The van der Waals surface area contributed by atoms with Crippen LogP contribution < -0.4 is 0 Å². The molecule has 0 bridgehead atoms. The van der Waals surface area contributed by atoms with Crippen molar-refractivity contribution in [1.82, 2.24) is 9.88 Å². The molecule has 3 heteroatoms. The molecule has 1 unspecified atom stereocenters. The summed E-state index contributed by atoms with van der Waals surface area (Å²) in [4.78, 5) is 5.64. The van der Waals surface area contributed by atoms with Crippen molar-refractivity contribution in [1.29, 1.82) is 5.26 Å².